The molecular formula is C31H34N2O2. The molecule has 0 aromatic heterocycles. The lowest BCUT2D eigenvalue weighted by molar-refractivity contribution is 0.302. The minimum Gasteiger partial charge on any atom is -0.494 e. The van der Waals surface area contributed by atoms with Gasteiger partial charge in [-0.1, -0.05) is 69.2 Å². The minimum absolute atomic E-state index is 0.663. The fourth-order valence-corrected chi connectivity index (χ4v) is 3.93. The summed E-state index contributed by atoms with van der Waals surface area (Å²) >= 11 is 0. The molecule has 0 N–H and O–H groups in total. The molecule has 0 unspecified atom stereocenters. The lowest BCUT2D eigenvalue weighted by Crippen LogP contribution is -1.97. The van der Waals surface area contributed by atoms with E-state index in [1.165, 1.54) is 44.9 Å². The molecule has 0 heterocycles. The first kappa shape index (κ1) is 25.9. The van der Waals surface area contributed by atoms with Gasteiger partial charge in [-0.2, -0.15) is 10.5 Å². The van der Waals surface area contributed by atoms with Crippen molar-refractivity contribution in [3.8, 4) is 34.8 Å². The molecule has 35 heavy (non-hydrogen) atoms. The summed E-state index contributed by atoms with van der Waals surface area (Å²) in [7, 11) is 0. The predicted molar refractivity (Wildman–Crippen MR) is 140 cm³/mol. The smallest absolute Gasteiger partial charge is 0.119 e. The van der Waals surface area contributed by atoms with Crippen molar-refractivity contribution < 1.29 is 9.47 Å². The molecule has 3 aromatic rings. The number of ether oxygens (including phenoxy) is 2. The molecule has 0 aliphatic heterocycles. The Morgan fingerprint density at radius 3 is 1.14 bits per heavy atom. The lowest BCUT2D eigenvalue weighted by Gasteiger charge is -2.08. The Morgan fingerprint density at radius 1 is 0.429 bits per heavy atom. The largest absolute Gasteiger partial charge is 0.494 e. The van der Waals surface area contributed by atoms with Gasteiger partial charge >= 0.3 is 0 Å². The molecule has 0 aliphatic carbocycles. The van der Waals surface area contributed by atoms with Crippen LogP contribution in [0.2, 0.25) is 0 Å². The zero-order valence-corrected chi connectivity index (χ0v) is 20.4. The topological polar surface area (TPSA) is 66.0 Å². The van der Waals surface area contributed by atoms with Gasteiger partial charge in [-0.25, -0.2) is 0 Å². The molecule has 3 rings (SSSR count). The highest BCUT2D eigenvalue weighted by atomic mass is 16.5. The highest BCUT2D eigenvalue weighted by molar-refractivity contribution is 5.64. The molecule has 3 aromatic carbocycles. The first-order chi connectivity index (χ1) is 17.3. The van der Waals surface area contributed by atoms with E-state index in [4.69, 9.17) is 20.0 Å². The van der Waals surface area contributed by atoms with Crippen LogP contribution in [0, 0.1) is 22.7 Å². The van der Waals surface area contributed by atoms with Crippen LogP contribution in [0.5, 0.6) is 11.5 Å². The maximum atomic E-state index is 8.91. The van der Waals surface area contributed by atoms with Gasteiger partial charge in [0.2, 0.25) is 0 Å². The van der Waals surface area contributed by atoms with Crippen LogP contribution in [-0.2, 0) is 0 Å². The Hall–Kier alpha value is -3.76. The molecule has 4 nitrogen and oxygen atoms in total. The number of benzene rings is 3. The van der Waals surface area contributed by atoms with E-state index < -0.39 is 0 Å². The van der Waals surface area contributed by atoms with Gasteiger partial charge in [-0.3, -0.25) is 0 Å². The van der Waals surface area contributed by atoms with Crippen LogP contribution < -0.4 is 9.47 Å². The summed E-state index contributed by atoms with van der Waals surface area (Å²) in [6.45, 7) is 1.50. The number of rotatable bonds is 15. The van der Waals surface area contributed by atoms with Gasteiger partial charge in [-0.05, 0) is 72.5 Å². The number of nitrogens with zero attached hydrogens (tertiary/aromatic N) is 2. The van der Waals surface area contributed by atoms with Crippen molar-refractivity contribution in [2.24, 2.45) is 0 Å². The second-order valence-electron chi connectivity index (χ2n) is 8.73. The third-order valence-electron chi connectivity index (χ3n) is 6.01. The fourth-order valence-electron chi connectivity index (χ4n) is 3.93. The van der Waals surface area contributed by atoms with E-state index in [0.717, 1.165) is 48.7 Å². The Balaban J connectivity index is 1.14. The van der Waals surface area contributed by atoms with Gasteiger partial charge in [0.05, 0.1) is 36.5 Å². The van der Waals surface area contributed by atoms with E-state index in [2.05, 4.69) is 24.3 Å². The summed E-state index contributed by atoms with van der Waals surface area (Å²) in [4.78, 5) is 0. The molecule has 0 spiro atoms. The molecule has 0 aliphatic rings. The quantitative estimate of drug-likeness (QED) is 0.212. The van der Waals surface area contributed by atoms with Gasteiger partial charge < -0.3 is 9.47 Å². The molecule has 180 valence electrons. The third kappa shape index (κ3) is 9.55. The zero-order valence-electron chi connectivity index (χ0n) is 20.4. The van der Waals surface area contributed by atoms with Crippen LogP contribution in [0.1, 0.15) is 68.9 Å². The SMILES string of the molecule is N#Cc1ccc(OCCCCCCCCCCCOc2ccc(-c3ccc(C#N)cc3)cc2)cc1. The average Bonchev–Trinajstić information content (AvgIpc) is 2.92. The first-order valence-electron chi connectivity index (χ1n) is 12.6. The van der Waals surface area contributed by atoms with Crippen molar-refractivity contribution >= 4 is 0 Å². The third-order valence-corrected chi connectivity index (χ3v) is 6.01. The van der Waals surface area contributed by atoms with E-state index in [1.54, 1.807) is 12.1 Å². The van der Waals surface area contributed by atoms with Crippen LogP contribution in [-0.4, -0.2) is 13.2 Å². The number of hydrogen-bond donors (Lipinski definition) is 0. The maximum absolute atomic E-state index is 8.91. The highest BCUT2D eigenvalue weighted by Gasteiger charge is 2.00. The number of unbranched alkanes of at least 4 members (excludes halogenated alkanes) is 8. The molecule has 0 amide bonds. The summed E-state index contributed by atoms with van der Waals surface area (Å²) in [5.74, 6) is 1.75. The number of nitriles is 2. The summed E-state index contributed by atoms with van der Waals surface area (Å²) in [6, 6.07) is 27.4. The predicted octanol–water partition coefficient (Wildman–Crippen LogP) is 8.07. The second-order valence-corrected chi connectivity index (χ2v) is 8.73. The molecule has 0 fully saturated rings. The Kier molecular flexibility index (Phi) is 11.2. The van der Waals surface area contributed by atoms with E-state index in [-0.39, 0.29) is 0 Å². The highest BCUT2D eigenvalue weighted by Crippen LogP contribution is 2.23. The van der Waals surface area contributed by atoms with Gasteiger partial charge in [0.25, 0.3) is 0 Å². The van der Waals surface area contributed by atoms with Crippen LogP contribution >= 0.6 is 0 Å². The van der Waals surface area contributed by atoms with Crippen molar-refractivity contribution in [2.75, 3.05) is 13.2 Å². The zero-order chi connectivity index (χ0) is 24.6. The van der Waals surface area contributed by atoms with Crippen LogP contribution in [0.4, 0.5) is 0 Å². The van der Waals surface area contributed by atoms with E-state index >= 15 is 0 Å². The van der Waals surface area contributed by atoms with Gasteiger partial charge in [0.1, 0.15) is 11.5 Å². The Morgan fingerprint density at radius 2 is 0.743 bits per heavy atom. The lowest BCUT2D eigenvalue weighted by atomic mass is 10.0. The van der Waals surface area contributed by atoms with Crippen LogP contribution in [0.25, 0.3) is 11.1 Å². The molecule has 0 radical (unpaired) electrons. The van der Waals surface area contributed by atoms with Crippen molar-refractivity contribution in [1.82, 2.24) is 0 Å². The van der Waals surface area contributed by atoms with Crippen molar-refractivity contribution in [1.29, 1.82) is 10.5 Å². The Labute approximate surface area is 209 Å². The molecule has 0 saturated heterocycles. The van der Waals surface area contributed by atoms with Crippen molar-refractivity contribution in [3.63, 3.8) is 0 Å². The standard InChI is InChI=1S/C31H34N2O2/c32-24-26-10-14-28(15-11-26)29-16-20-31(21-17-29)35-23-9-7-5-3-1-2-4-6-8-22-34-30-18-12-27(25-33)13-19-30/h10-21H,1-9,22-23H2. The second kappa shape index (κ2) is 15.2. The van der Waals surface area contributed by atoms with Crippen LogP contribution in [0.15, 0.2) is 72.8 Å². The molecule has 0 saturated carbocycles. The summed E-state index contributed by atoms with van der Waals surface area (Å²) in [5.41, 5.74) is 3.57. The monoisotopic (exact) mass is 466 g/mol. The normalized spacial score (nSPS) is 10.3. The van der Waals surface area contributed by atoms with E-state index in [9.17, 15) is 0 Å². The summed E-state index contributed by atoms with van der Waals surface area (Å²) < 4.78 is 11.6. The molecular weight excluding hydrogens is 432 g/mol. The minimum atomic E-state index is 0.663. The summed E-state index contributed by atoms with van der Waals surface area (Å²) in [6.07, 6.45) is 11.0. The van der Waals surface area contributed by atoms with Gasteiger partial charge in [0, 0.05) is 0 Å². The van der Waals surface area contributed by atoms with E-state index in [0.29, 0.717) is 11.1 Å². The van der Waals surface area contributed by atoms with Crippen LogP contribution in [0.3, 0.4) is 0 Å². The van der Waals surface area contributed by atoms with Gasteiger partial charge in [-0.15, -0.1) is 0 Å². The Bertz CT molecular complexity index is 1080. The first-order valence-corrected chi connectivity index (χ1v) is 12.6. The van der Waals surface area contributed by atoms with Gasteiger partial charge in [0.15, 0.2) is 0 Å². The van der Waals surface area contributed by atoms with Crippen molar-refractivity contribution in [2.45, 2.75) is 57.8 Å². The van der Waals surface area contributed by atoms with E-state index in [1.807, 2.05) is 48.5 Å². The fraction of sp³-hybridized carbons (Fsp3) is 0.355. The molecule has 4 heteroatoms. The maximum Gasteiger partial charge on any atom is 0.119 e. The van der Waals surface area contributed by atoms with Crippen molar-refractivity contribution in [3.05, 3.63) is 83.9 Å². The summed E-state index contributed by atoms with van der Waals surface area (Å²) in [5, 5.41) is 17.7. The molecule has 0 bridgehead atoms. The number of hydrogen-bond acceptors (Lipinski definition) is 4. The average molecular weight is 467 g/mol. The molecule has 0 atom stereocenters.